The Bertz CT molecular complexity index is 1870. The van der Waals surface area contributed by atoms with Gasteiger partial charge in [-0.05, 0) is 149 Å². The number of nitrogens with zero attached hydrogens (tertiary/aromatic N) is 3. The average molecular weight is 1560 g/mol. The van der Waals surface area contributed by atoms with Crippen LogP contribution in [0.2, 0.25) is 0 Å². The summed E-state index contributed by atoms with van der Waals surface area (Å²) in [5, 5.41) is 9.19. The highest BCUT2D eigenvalue weighted by atomic mass is 16.5. The molecule has 13 nitrogen and oxygen atoms in total. The number of carbonyl (C=O) groups excluding carboxylic acids is 5. The molecule has 4 unspecified atom stereocenters. The number of rotatable bonds is 87. The third kappa shape index (κ3) is 76.1. The number of carbonyl (C=O) groups is 5. The minimum Gasteiger partial charge on any atom is -0.466 e. The molecule has 110 heavy (non-hydrogen) atoms. The van der Waals surface area contributed by atoms with Gasteiger partial charge in [0.05, 0.1) is 62.8 Å². The van der Waals surface area contributed by atoms with E-state index >= 15 is 0 Å². The van der Waals surface area contributed by atoms with Crippen molar-refractivity contribution in [1.29, 1.82) is 5.26 Å². The van der Waals surface area contributed by atoms with E-state index in [0.29, 0.717) is 45.9 Å². The lowest BCUT2D eigenvalue weighted by molar-refractivity contribution is -0.150. The summed E-state index contributed by atoms with van der Waals surface area (Å²) in [4.78, 5) is 68.8. The second-order valence-corrected chi connectivity index (χ2v) is 33.2. The number of esters is 5. The van der Waals surface area contributed by atoms with Gasteiger partial charge in [-0.3, -0.25) is 24.0 Å². The lowest BCUT2D eigenvalue weighted by Crippen LogP contribution is -2.28. The van der Waals surface area contributed by atoms with E-state index in [1.807, 2.05) is 6.92 Å². The molecule has 0 rings (SSSR count). The Labute approximate surface area is 683 Å². The van der Waals surface area contributed by atoms with E-state index in [0.717, 1.165) is 251 Å². The van der Waals surface area contributed by atoms with Crippen LogP contribution in [0.25, 0.3) is 0 Å². The van der Waals surface area contributed by atoms with Crippen molar-refractivity contribution in [2.24, 2.45) is 23.7 Å². The molecule has 0 heterocycles. The molecule has 0 radical (unpaired) electrons. The normalized spacial score (nSPS) is 12.5. The van der Waals surface area contributed by atoms with Gasteiger partial charge in [-0.25, -0.2) is 0 Å². The molecular weight excluding hydrogens is 1370 g/mol. The van der Waals surface area contributed by atoms with Gasteiger partial charge in [0.2, 0.25) is 0 Å². The van der Waals surface area contributed by atoms with Crippen molar-refractivity contribution < 1.29 is 47.7 Å². The van der Waals surface area contributed by atoms with Gasteiger partial charge in [0.1, 0.15) is 0 Å². The fourth-order valence-corrected chi connectivity index (χ4v) is 15.4. The molecule has 13 heteroatoms. The van der Waals surface area contributed by atoms with Crippen molar-refractivity contribution in [3.05, 3.63) is 0 Å². The molecule has 0 amide bonds. The quantitative estimate of drug-likeness (QED) is 0.0322. The van der Waals surface area contributed by atoms with Gasteiger partial charge in [-0.1, -0.05) is 364 Å². The summed E-state index contributed by atoms with van der Waals surface area (Å²) in [6.07, 6.45) is 76.3. The maximum atomic E-state index is 13.0. The van der Waals surface area contributed by atoms with E-state index in [-0.39, 0.29) is 53.5 Å². The van der Waals surface area contributed by atoms with E-state index in [1.165, 1.54) is 205 Å². The van der Waals surface area contributed by atoms with Crippen LogP contribution in [0.1, 0.15) is 493 Å². The van der Waals surface area contributed by atoms with Crippen LogP contribution in [0, 0.1) is 35.0 Å². The molecule has 0 bridgehead atoms. The van der Waals surface area contributed by atoms with E-state index in [2.05, 4.69) is 71.3 Å². The minimum absolute atomic E-state index is 0.0384. The molecule has 4 atom stereocenters. The van der Waals surface area contributed by atoms with E-state index in [1.54, 1.807) is 0 Å². The zero-order valence-corrected chi connectivity index (χ0v) is 74.9. The fraction of sp³-hybridized carbons (Fsp3) is 0.938. The van der Waals surface area contributed by atoms with Crippen molar-refractivity contribution in [3.8, 4) is 6.07 Å². The minimum atomic E-state index is -0.105. The van der Waals surface area contributed by atoms with Gasteiger partial charge >= 0.3 is 29.8 Å². The first-order valence-corrected chi connectivity index (χ1v) is 48.6. The third-order valence-corrected chi connectivity index (χ3v) is 22.7. The standard InChI is InChI=1S/C50H97NO6.C47H90N2O4/c1-6-11-15-19-21-29-38-46(36-27-17-13-8-3)49(53)56-44-33-25-23-31-41-51(43-35-40-48(52)55-10-5)42-32-24-26-34-45-57-50(54)47(37-28-18-14-9-4)39-30-22-20-16-12-7-2;1-5-9-13-17-19-27-36-44(34-25-15-11-7-3)46(50)52-42-31-23-21-29-39-49(41-33-38-48)40-30-22-24-32-43-53-47(51)45(35-26-16-12-8-4)37-28-20-18-14-10-6-2/h46-47H,6-45H2,1-5H3;44-45H,5-37,39-43H2,1-4H3. The average Bonchev–Trinajstić information content (AvgIpc) is 1.15. The second-order valence-electron chi connectivity index (χ2n) is 33.2. The maximum Gasteiger partial charge on any atom is 0.308 e. The van der Waals surface area contributed by atoms with Crippen LogP contribution in [0.5, 0.6) is 0 Å². The monoisotopic (exact) mass is 1550 g/mol. The van der Waals surface area contributed by atoms with Gasteiger partial charge in [-0.15, -0.1) is 0 Å². The number of hydrogen-bond acceptors (Lipinski definition) is 13. The molecule has 0 spiro atoms. The fourth-order valence-electron chi connectivity index (χ4n) is 15.4. The van der Waals surface area contributed by atoms with Gasteiger partial charge in [0.25, 0.3) is 0 Å². The van der Waals surface area contributed by atoms with Gasteiger partial charge in [-0.2, -0.15) is 5.26 Å². The predicted octanol–water partition coefficient (Wildman–Crippen LogP) is 28.6. The van der Waals surface area contributed by atoms with Crippen LogP contribution in [-0.2, 0) is 47.7 Å². The van der Waals surface area contributed by atoms with Gasteiger partial charge in [0, 0.05) is 19.4 Å². The van der Waals surface area contributed by atoms with Crippen molar-refractivity contribution in [1.82, 2.24) is 9.80 Å². The number of ether oxygens (including phenoxy) is 5. The summed E-state index contributed by atoms with van der Waals surface area (Å²) in [7, 11) is 0. The van der Waals surface area contributed by atoms with Crippen molar-refractivity contribution >= 4 is 29.8 Å². The lowest BCUT2D eigenvalue weighted by atomic mass is 9.94. The highest BCUT2D eigenvalue weighted by Crippen LogP contribution is 2.26. The first-order valence-electron chi connectivity index (χ1n) is 48.6. The summed E-state index contributed by atoms with van der Waals surface area (Å²) < 4.78 is 28.4. The summed E-state index contributed by atoms with van der Waals surface area (Å²) >= 11 is 0. The molecular formula is C97H187N3O10. The molecule has 650 valence electrons. The van der Waals surface area contributed by atoms with Crippen LogP contribution in [0.4, 0.5) is 0 Å². The van der Waals surface area contributed by atoms with E-state index in [9.17, 15) is 29.2 Å². The molecule has 0 fully saturated rings. The van der Waals surface area contributed by atoms with Gasteiger partial charge < -0.3 is 33.5 Å². The van der Waals surface area contributed by atoms with Crippen LogP contribution in [-0.4, -0.2) is 112 Å². The molecule has 0 aliphatic carbocycles. The molecule has 0 aliphatic heterocycles. The van der Waals surface area contributed by atoms with E-state index < -0.39 is 0 Å². The molecule has 0 aromatic rings. The van der Waals surface area contributed by atoms with Crippen LogP contribution >= 0.6 is 0 Å². The second kappa shape index (κ2) is 89.7. The zero-order chi connectivity index (χ0) is 80.7. The van der Waals surface area contributed by atoms with E-state index in [4.69, 9.17) is 23.7 Å². The molecule has 0 saturated heterocycles. The Morgan fingerprint density at radius 2 is 0.427 bits per heavy atom. The third-order valence-electron chi connectivity index (χ3n) is 22.7. The summed E-state index contributed by atoms with van der Waals surface area (Å²) in [5.74, 6) is 0.368. The lowest BCUT2D eigenvalue weighted by Gasteiger charge is -2.22. The van der Waals surface area contributed by atoms with Gasteiger partial charge in [0.15, 0.2) is 0 Å². The highest BCUT2D eigenvalue weighted by molar-refractivity contribution is 5.73. The Kier molecular flexibility index (Phi) is 88.7. The zero-order valence-electron chi connectivity index (χ0n) is 74.9. The van der Waals surface area contributed by atoms with Crippen molar-refractivity contribution in [3.63, 3.8) is 0 Å². The number of hydrogen-bond donors (Lipinski definition) is 0. The predicted molar refractivity (Wildman–Crippen MR) is 468 cm³/mol. The first kappa shape index (κ1) is 109. The van der Waals surface area contributed by atoms with Crippen LogP contribution in [0.3, 0.4) is 0 Å². The van der Waals surface area contributed by atoms with Crippen LogP contribution in [0.15, 0.2) is 0 Å². The van der Waals surface area contributed by atoms with Crippen LogP contribution < -0.4 is 0 Å². The SMILES string of the molecule is CCCCCCCCC(CCCCCC)C(=O)OCCCCCCN(CCC#N)CCCCCCOC(=O)C(CCCCCC)CCCCCCCC.CCCCCCCCC(CCCCCC)C(=O)OCCCCCCN(CCCCCCOC(=O)C(CCCCCC)CCCCCCCC)CCCC(=O)OCC. The Morgan fingerprint density at radius 1 is 0.236 bits per heavy atom. The summed E-state index contributed by atoms with van der Waals surface area (Å²) in [6, 6.07) is 2.32. The van der Waals surface area contributed by atoms with Crippen molar-refractivity contribution in [2.45, 2.75) is 493 Å². The molecule has 0 saturated carbocycles. The van der Waals surface area contributed by atoms with Crippen molar-refractivity contribution in [2.75, 3.05) is 72.3 Å². The smallest absolute Gasteiger partial charge is 0.308 e. The number of unbranched alkanes of at least 4 members (excludes halogenated alkanes) is 44. The number of nitriles is 1. The topological polar surface area (TPSA) is 162 Å². The Balaban J connectivity index is 0. The molecule has 0 N–H and O–H groups in total. The molecule has 0 aromatic heterocycles. The largest absolute Gasteiger partial charge is 0.466 e. The first-order chi connectivity index (χ1) is 54.0. The maximum absolute atomic E-state index is 13.0. The Morgan fingerprint density at radius 3 is 0.655 bits per heavy atom. The molecule has 0 aromatic carbocycles. The Hall–Kier alpha value is -3.24. The summed E-state index contributed by atoms with van der Waals surface area (Å²) in [6.45, 7) is 28.3. The molecule has 0 aliphatic rings. The summed E-state index contributed by atoms with van der Waals surface area (Å²) in [5.41, 5.74) is 0. The highest BCUT2D eigenvalue weighted by Gasteiger charge is 2.24.